The lowest BCUT2D eigenvalue weighted by atomic mass is 10.1. The van der Waals surface area contributed by atoms with E-state index in [2.05, 4.69) is 15.6 Å². The molecule has 4 N–H and O–H groups in total. The summed E-state index contributed by atoms with van der Waals surface area (Å²) in [4.78, 5) is 15.1. The van der Waals surface area contributed by atoms with Crippen LogP contribution < -0.4 is 16.4 Å². The van der Waals surface area contributed by atoms with Crippen molar-refractivity contribution >= 4 is 11.7 Å². The van der Waals surface area contributed by atoms with Gasteiger partial charge in [0.15, 0.2) is 0 Å². The van der Waals surface area contributed by atoms with E-state index in [0.717, 1.165) is 45.5 Å². The quantitative estimate of drug-likeness (QED) is 0.640. The first-order valence-corrected chi connectivity index (χ1v) is 7.09. The number of aromatic nitrogens is 1. The molecule has 1 aromatic heterocycles. The van der Waals surface area contributed by atoms with Crippen LogP contribution in [0.25, 0.3) is 0 Å². The standard InChI is InChI=1S/C14H22N4O2/c15-14(19)12-3-1-4-13(18-12)17-7-2-10-20-11-5-8-16-9-6-11/h1,3-4,11,16H,2,5-10H2,(H2,15,19)(H,17,18). The number of nitrogens with two attached hydrogens (primary N) is 1. The maximum atomic E-state index is 11.0. The van der Waals surface area contributed by atoms with E-state index in [4.69, 9.17) is 10.5 Å². The summed E-state index contributed by atoms with van der Waals surface area (Å²) in [5.74, 6) is 0.158. The van der Waals surface area contributed by atoms with Crippen molar-refractivity contribution in [1.82, 2.24) is 10.3 Å². The Morgan fingerprint density at radius 2 is 2.25 bits per heavy atom. The van der Waals surface area contributed by atoms with Crippen LogP contribution in [-0.2, 0) is 4.74 Å². The lowest BCUT2D eigenvalue weighted by Crippen LogP contribution is -2.32. The molecule has 1 amide bonds. The van der Waals surface area contributed by atoms with E-state index in [1.54, 1.807) is 12.1 Å². The first kappa shape index (κ1) is 14.7. The Balaban J connectivity index is 1.63. The molecule has 0 bridgehead atoms. The number of pyridine rings is 1. The highest BCUT2D eigenvalue weighted by Crippen LogP contribution is 2.08. The van der Waals surface area contributed by atoms with Crippen LogP contribution in [0.15, 0.2) is 18.2 Å². The summed E-state index contributed by atoms with van der Waals surface area (Å²) in [6.45, 7) is 3.60. The molecule has 0 spiro atoms. The Morgan fingerprint density at radius 3 is 3.00 bits per heavy atom. The maximum absolute atomic E-state index is 11.0. The minimum absolute atomic E-state index is 0.279. The van der Waals surface area contributed by atoms with Crippen molar-refractivity contribution in [3.8, 4) is 0 Å². The number of piperidine rings is 1. The second-order valence-corrected chi connectivity index (χ2v) is 4.87. The summed E-state index contributed by atoms with van der Waals surface area (Å²) in [6.07, 6.45) is 3.49. The number of primary amides is 1. The molecule has 0 unspecified atom stereocenters. The molecule has 6 nitrogen and oxygen atoms in total. The number of hydrogen-bond donors (Lipinski definition) is 3. The number of hydrogen-bond acceptors (Lipinski definition) is 5. The van der Waals surface area contributed by atoms with Crippen molar-refractivity contribution in [3.63, 3.8) is 0 Å². The third-order valence-corrected chi connectivity index (χ3v) is 3.27. The number of carbonyl (C=O) groups is 1. The number of rotatable bonds is 7. The van der Waals surface area contributed by atoms with Gasteiger partial charge >= 0.3 is 0 Å². The van der Waals surface area contributed by atoms with Gasteiger partial charge in [0.2, 0.25) is 0 Å². The molecule has 20 heavy (non-hydrogen) atoms. The zero-order valence-corrected chi connectivity index (χ0v) is 11.6. The summed E-state index contributed by atoms with van der Waals surface area (Å²) in [5.41, 5.74) is 5.47. The maximum Gasteiger partial charge on any atom is 0.267 e. The number of carbonyl (C=O) groups excluding carboxylic acids is 1. The molecule has 2 rings (SSSR count). The molecule has 0 radical (unpaired) electrons. The third kappa shape index (κ3) is 4.79. The average Bonchev–Trinajstić information content (AvgIpc) is 2.48. The van der Waals surface area contributed by atoms with E-state index in [-0.39, 0.29) is 5.69 Å². The summed E-state index contributed by atoms with van der Waals surface area (Å²) < 4.78 is 5.81. The van der Waals surface area contributed by atoms with Gasteiger partial charge < -0.3 is 21.1 Å². The molecule has 1 saturated heterocycles. The second-order valence-electron chi connectivity index (χ2n) is 4.87. The van der Waals surface area contributed by atoms with Gasteiger partial charge in [-0.3, -0.25) is 4.79 Å². The molecular formula is C14H22N4O2. The topological polar surface area (TPSA) is 89.3 Å². The number of amides is 1. The van der Waals surface area contributed by atoms with E-state index >= 15 is 0 Å². The first-order chi connectivity index (χ1) is 9.75. The van der Waals surface area contributed by atoms with Crippen molar-refractivity contribution in [2.45, 2.75) is 25.4 Å². The van der Waals surface area contributed by atoms with Crippen LogP contribution in [0.4, 0.5) is 5.82 Å². The number of nitrogens with zero attached hydrogens (tertiary/aromatic N) is 1. The van der Waals surface area contributed by atoms with Gasteiger partial charge in [-0.25, -0.2) is 4.98 Å². The molecule has 6 heteroatoms. The zero-order valence-electron chi connectivity index (χ0n) is 11.6. The van der Waals surface area contributed by atoms with E-state index in [9.17, 15) is 4.79 Å². The normalized spacial score (nSPS) is 16.0. The predicted octanol–water partition coefficient (Wildman–Crippen LogP) is 0.751. The van der Waals surface area contributed by atoms with Crippen molar-refractivity contribution in [3.05, 3.63) is 23.9 Å². The van der Waals surface area contributed by atoms with E-state index in [1.807, 2.05) is 6.07 Å². The number of nitrogens with one attached hydrogen (secondary N) is 2. The van der Waals surface area contributed by atoms with E-state index < -0.39 is 5.91 Å². The van der Waals surface area contributed by atoms with E-state index in [1.165, 1.54) is 0 Å². The van der Waals surface area contributed by atoms with Crippen LogP contribution in [0.2, 0.25) is 0 Å². The predicted molar refractivity (Wildman–Crippen MR) is 77.7 cm³/mol. The Morgan fingerprint density at radius 1 is 1.45 bits per heavy atom. The van der Waals surface area contributed by atoms with Gasteiger partial charge in [0, 0.05) is 13.2 Å². The Labute approximate surface area is 119 Å². The molecule has 0 aromatic carbocycles. The highest BCUT2D eigenvalue weighted by atomic mass is 16.5. The van der Waals surface area contributed by atoms with Crippen molar-refractivity contribution in [2.75, 3.05) is 31.6 Å². The molecule has 110 valence electrons. The van der Waals surface area contributed by atoms with Crippen LogP contribution in [0.5, 0.6) is 0 Å². The molecule has 0 atom stereocenters. The Hall–Kier alpha value is -1.66. The van der Waals surface area contributed by atoms with Gasteiger partial charge in [-0.05, 0) is 44.5 Å². The number of ether oxygens (including phenoxy) is 1. The smallest absolute Gasteiger partial charge is 0.267 e. The Kier molecular flexibility index (Phi) is 5.76. The highest BCUT2D eigenvalue weighted by Gasteiger charge is 2.12. The van der Waals surface area contributed by atoms with Gasteiger partial charge in [0.25, 0.3) is 5.91 Å². The fraction of sp³-hybridized carbons (Fsp3) is 0.571. The molecule has 1 fully saturated rings. The van der Waals surface area contributed by atoms with Gasteiger partial charge in [-0.1, -0.05) is 6.07 Å². The summed E-state index contributed by atoms with van der Waals surface area (Å²) in [7, 11) is 0. The van der Waals surface area contributed by atoms with Crippen LogP contribution >= 0.6 is 0 Å². The SMILES string of the molecule is NC(=O)c1cccc(NCCCOC2CCNCC2)n1. The monoisotopic (exact) mass is 278 g/mol. The molecule has 0 saturated carbocycles. The lowest BCUT2D eigenvalue weighted by molar-refractivity contribution is 0.0329. The van der Waals surface area contributed by atoms with Gasteiger partial charge in [-0.15, -0.1) is 0 Å². The third-order valence-electron chi connectivity index (χ3n) is 3.27. The molecule has 1 aliphatic rings. The minimum Gasteiger partial charge on any atom is -0.378 e. The van der Waals surface area contributed by atoms with Crippen LogP contribution in [0, 0.1) is 0 Å². The lowest BCUT2D eigenvalue weighted by Gasteiger charge is -2.22. The van der Waals surface area contributed by atoms with Crippen LogP contribution in [0.1, 0.15) is 29.8 Å². The molecular weight excluding hydrogens is 256 g/mol. The van der Waals surface area contributed by atoms with Gasteiger partial charge in [0.05, 0.1) is 6.10 Å². The van der Waals surface area contributed by atoms with Crippen molar-refractivity contribution in [2.24, 2.45) is 5.73 Å². The minimum atomic E-state index is -0.511. The van der Waals surface area contributed by atoms with Crippen molar-refractivity contribution < 1.29 is 9.53 Å². The van der Waals surface area contributed by atoms with Gasteiger partial charge in [0.1, 0.15) is 11.5 Å². The Bertz CT molecular complexity index is 433. The average molecular weight is 278 g/mol. The molecule has 0 aliphatic carbocycles. The fourth-order valence-electron chi connectivity index (χ4n) is 2.17. The zero-order chi connectivity index (χ0) is 14.2. The summed E-state index contributed by atoms with van der Waals surface area (Å²) in [6, 6.07) is 5.19. The highest BCUT2D eigenvalue weighted by molar-refractivity contribution is 5.91. The van der Waals surface area contributed by atoms with Crippen LogP contribution in [-0.4, -0.2) is 43.2 Å². The van der Waals surface area contributed by atoms with Gasteiger partial charge in [-0.2, -0.15) is 0 Å². The second kappa shape index (κ2) is 7.81. The van der Waals surface area contributed by atoms with Crippen LogP contribution in [0.3, 0.4) is 0 Å². The molecule has 2 heterocycles. The largest absolute Gasteiger partial charge is 0.378 e. The molecule has 1 aromatic rings. The summed E-state index contributed by atoms with van der Waals surface area (Å²) in [5, 5.41) is 6.48. The number of anilines is 1. The van der Waals surface area contributed by atoms with Crippen molar-refractivity contribution in [1.29, 1.82) is 0 Å². The molecule has 1 aliphatic heterocycles. The summed E-state index contributed by atoms with van der Waals surface area (Å²) >= 11 is 0. The first-order valence-electron chi connectivity index (χ1n) is 7.09. The van der Waals surface area contributed by atoms with E-state index in [0.29, 0.717) is 11.9 Å². The fourth-order valence-corrected chi connectivity index (χ4v) is 2.17.